The first-order chi connectivity index (χ1) is 12.5. The number of carbonyl (C=O) groups is 1. The first-order valence-corrected chi connectivity index (χ1v) is 9.04. The maximum Gasteiger partial charge on any atom is 0.240 e. The quantitative estimate of drug-likeness (QED) is 0.687. The highest BCUT2D eigenvalue weighted by molar-refractivity contribution is 5.85. The molecule has 0 saturated heterocycles. The van der Waals surface area contributed by atoms with Crippen LogP contribution in [0.1, 0.15) is 37.8 Å². The fraction of sp³-hybridized carbons (Fsp3) is 0.333. The number of rotatable bonds is 7. The lowest BCUT2D eigenvalue weighted by molar-refractivity contribution is -0.126. The van der Waals surface area contributed by atoms with Gasteiger partial charge in [-0.15, -0.1) is 0 Å². The summed E-state index contributed by atoms with van der Waals surface area (Å²) >= 11 is 0. The molecule has 3 N–H and O–H groups in total. The molecular formula is C21H26N4O. The predicted molar refractivity (Wildman–Crippen MR) is 105 cm³/mol. The van der Waals surface area contributed by atoms with Gasteiger partial charge in [0.25, 0.3) is 0 Å². The molecule has 0 bridgehead atoms. The molecule has 1 heterocycles. The number of nitrogens with zero attached hydrogens (tertiary/aromatic N) is 2. The number of para-hydroxylation sites is 2. The highest BCUT2D eigenvalue weighted by Gasteiger charge is 2.26. The lowest BCUT2D eigenvalue weighted by Crippen LogP contribution is -2.51. The lowest BCUT2D eigenvalue weighted by atomic mass is 9.96. The minimum absolute atomic E-state index is 0.106. The van der Waals surface area contributed by atoms with Crippen LogP contribution in [0.5, 0.6) is 0 Å². The Kier molecular flexibility index (Phi) is 5.38. The van der Waals surface area contributed by atoms with Crippen molar-refractivity contribution in [2.75, 3.05) is 0 Å². The van der Waals surface area contributed by atoms with Gasteiger partial charge >= 0.3 is 0 Å². The summed E-state index contributed by atoms with van der Waals surface area (Å²) in [5.74, 6) is -0.106. The smallest absolute Gasteiger partial charge is 0.240 e. The van der Waals surface area contributed by atoms with Crippen molar-refractivity contribution in [3.8, 4) is 0 Å². The molecule has 1 amide bonds. The standard InChI is InChI=1S/C21H26N4O/c1-3-11-21(2,22)20(26)23-13-16-7-6-8-17(12-16)14-25-15-24-18-9-4-5-10-19(18)25/h4-10,12,15H,3,11,13-14,22H2,1-2H3,(H,23,26). The number of nitrogens with two attached hydrogens (primary N) is 1. The summed E-state index contributed by atoms with van der Waals surface area (Å²) in [7, 11) is 0. The minimum Gasteiger partial charge on any atom is -0.350 e. The summed E-state index contributed by atoms with van der Waals surface area (Å²) in [5, 5.41) is 2.96. The molecule has 0 fully saturated rings. The Morgan fingerprint density at radius 3 is 2.77 bits per heavy atom. The number of aromatic nitrogens is 2. The molecule has 3 rings (SSSR count). The van der Waals surface area contributed by atoms with E-state index in [0.717, 1.165) is 29.6 Å². The van der Waals surface area contributed by atoms with Crippen molar-refractivity contribution < 1.29 is 4.79 Å². The third kappa shape index (κ3) is 4.11. The van der Waals surface area contributed by atoms with Crippen LogP contribution >= 0.6 is 0 Å². The van der Waals surface area contributed by atoms with Gasteiger partial charge in [0.05, 0.1) is 22.9 Å². The number of fused-ring (bicyclic) bond motifs is 1. The fourth-order valence-corrected chi connectivity index (χ4v) is 3.19. The Labute approximate surface area is 154 Å². The van der Waals surface area contributed by atoms with Crippen molar-refractivity contribution in [3.05, 3.63) is 66.0 Å². The molecule has 5 heteroatoms. The minimum atomic E-state index is -0.817. The summed E-state index contributed by atoms with van der Waals surface area (Å²) in [6, 6.07) is 16.3. The van der Waals surface area contributed by atoms with Crippen LogP contribution in [0, 0.1) is 0 Å². The van der Waals surface area contributed by atoms with Crippen LogP contribution in [-0.2, 0) is 17.9 Å². The number of carbonyl (C=O) groups excluding carboxylic acids is 1. The normalized spacial score (nSPS) is 13.5. The predicted octanol–water partition coefficient (Wildman–Crippen LogP) is 3.22. The average molecular weight is 350 g/mol. The molecule has 26 heavy (non-hydrogen) atoms. The molecular weight excluding hydrogens is 324 g/mol. The Bertz CT molecular complexity index is 898. The van der Waals surface area contributed by atoms with Crippen LogP contribution in [-0.4, -0.2) is 21.0 Å². The second-order valence-electron chi connectivity index (χ2n) is 7.03. The third-order valence-electron chi connectivity index (χ3n) is 4.61. The van der Waals surface area contributed by atoms with Gasteiger partial charge in [0.15, 0.2) is 0 Å². The van der Waals surface area contributed by atoms with Crippen molar-refractivity contribution in [2.45, 2.75) is 45.3 Å². The van der Waals surface area contributed by atoms with E-state index in [9.17, 15) is 4.79 Å². The van der Waals surface area contributed by atoms with Crippen molar-refractivity contribution in [2.24, 2.45) is 5.73 Å². The third-order valence-corrected chi connectivity index (χ3v) is 4.61. The Balaban J connectivity index is 1.68. The van der Waals surface area contributed by atoms with Crippen molar-refractivity contribution in [1.29, 1.82) is 0 Å². The summed E-state index contributed by atoms with van der Waals surface area (Å²) in [5.41, 5.74) is 9.61. The van der Waals surface area contributed by atoms with Gasteiger partial charge in [-0.3, -0.25) is 4.79 Å². The van der Waals surface area contributed by atoms with E-state index in [-0.39, 0.29) is 5.91 Å². The molecule has 0 saturated carbocycles. The number of hydrogen-bond donors (Lipinski definition) is 2. The Morgan fingerprint density at radius 1 is 1.19 bits per heavy atom. The van der Waals surface area contributed by atoms with Gasteiger partial charge in [0.2, 0.25) is 5.91 Å². The van der Waals surface area contributed by atoms with Crippen LogP contribution in [0.3, 0.4) is 0 Å². The number of imidazole rings is 1. The van der Waals surface area contributed by atoms with Gasteiger partial charge < -0.3 is 15.6 Å². The van der Waals surface area contributed by atoms with Crippen LogP contribution in [0.25, 0.3) is 11.0 Å². The molecule has 1 aromatic heterocycles. The highest BCUT2D eigenvalue weighted by Crippen LogP contribution is 2.15. The van der Waals surface area contributed by atoms with Gasteiger partial charge in [0.1, 0.15) is 0 Å². The van der Waals surface area contributed by atoms with E-state index in [1.165, 1.54) is 5.56 Å². The summed E-state index contributed by atoms with van der Waals surface area (Å²) in [6.45, 7) is 5.04. The van der Waals surface area contributed by atoms with Crippen LogP contribution in [0.2, 0.25) is 0 Å². The number of amides is 1. The molecule has 0 aliphatic heterocycles. The molecule has 5 nitrogen and oxygen atoms in total. The number of hydrogen-bond acceptors (Lipinski definition) is 3. The molecule has 136 valence electrons. The van der Waals surface area contributed by atoms with Crippen molar-refractivity contribution in [3.63, 3.8) is 0 Å². The van der Waals surface area contributed by atoms with Gasteiger partial charge in [-0.2, -0.15) is 0 Å². The van der Waals surface area contributed by atoms with Gasteiger partial charge in [-0.05, 0) is 36.6 Å². The molecule has 0 spiro atoms. The van der Waals surface area contributed by atoms with Crippen LogP contribution in [0.4, 0.5) is 0 Å². The van der Waals surface area contributed by atoms with Crippen molar-refractivity contribution in [1.82, 2.24) is 14.9 Å². The molecule has 1 unspecified atom stereocenters. The molecule has 1 atom stereocenters. The van der Waals surface area contributed by atoms with E-state index in [4.69, 9.17) is 5.73 Å². The maximum absolute atomic E-state index is 12.3. The SMILES string of the molecule is CCCC(C)(N)C(=O)NCc1cccc(Cn2cnc3ccccc32)c1. The van der Waals surface area contributed by atoms with E-state index in [1.807, 2.05) is 43.6 Å². The zero-order chi connectivity index (χ0) is 18.6. The monoisotopic (exact) mass is 350 g/mol. The zero-order valence-corrected chi connectivity index (χ0v) is 15.4. The topological polar surface area (TPSA) is 72.9 Å². The number of benzene rings is 2. The second kappa shape index (κ2) is 7.70. The van der Waals surface area contributed by atoms with Gasteiger partial charge in [-0.25, -0.2) is 4.98 Å². The van der Waals surface area contributed by atoms with E-state index < -0.39 is 5.54 Å². The van der Waals surface area contributed by atoms with E-state index in [0.29, 0.717) is 13.0 Å². The van der Waals surface area contributed by atoms with Gasteiger partial charge in [-0.1, -0.05) is 49.7 Å². The highest BCUT2D eigenvalue weighted by atomic mass is 16.2. The zero-order valence-electron chi connectivity index (χ0n) is 15.4. The number of nitrogens with one attached hydrogen (secondary N) is 1. The molecule has 2 aromatic carbocycles. The molecule has 3 aromatic rings. The maximum atomic E-state index is 12.3. The van der Waals surface area contributed by atoms with Crippen molar-refractivity contribution >= 4 is 16.9 Å². The first-order valence-electron chi connectivity index (χ1n) is 9.04. The summed E-state index contributed by atoms with van der Waals surface area (Å²) < 4.78 is 2.13. The van der Waals surface area contributed by atoms with Gasteiger partial charge in [0, 0.05) is 13.1 Å². The first kappa shape index (κ1) is 18.1. The molecule has 0 aliphatic rings. The fourth-order valence-electron chi connectivity index (χ4n) is 3.19. The summed E-state index contributed by atoms with van der Waals surface area (Å²) in [6.07, 6.45) is 3.42. The average Bonchev–Trinajstić information content (AvgIpc) is 3.03. The Morgan fingerprint density at radius 2 is 1.96 bits per heavy atom. The Hall–Kier alpha value is -2.66. The van der Waals surface area contributed by atoms with E-state index >= 15 is 0 Å². The van der Waals surface area contributed by atoms with E-state index in [2.05, 4.69) is 33.1 Å². The molecule has 0 aliphatic carbocycles. The largest absolute Gasteiger partial charge is 0.350 e. The van der Waals surface area contributed by atoms with E-state index in [1.54, 1.807) is 6.92 Å². The van der Waals surface area contributed by atoms with Crippen LogP contribution in [0.15, 0.2) is 54.9 Å². The summed E-state index contributed by atoms with van der Waals surface area (Å²) in [4.78, 5) is 16.7. The van der Waals surface area contributed by atoms with Crippen LogP contribution < -0.4 is 11.1 Å². The second-order valence-corrected chi connectivity index (χ2v) is 7.03. The molecule has 0 radical (unpaired) electrons. The lowest BCUT2D eigenvalue weighted by Gasteiger charge is -2.22.